The van der Waals surface area contributed by atoms with Crippen molar-refractivity contribution in [2.75, 3.05) is 5.32 Å². The summed E-state index contributed by atoms with van der Waals surface area (Å²) < 4.78 is 42.2. The molecule has 0 saturated heterocycles. The first kappa shape index (κ1) is 20.2. The molecular weight excluding hydrogens is 397 g/mol. The quantitative estimate of drug-likeness (QED) is 0.577. The first-order valence-electron chi connectivity index (χ1n) is 9.74. The monoisotopic (exact) mass is 418 g/mol. The Kier molecular flexibility index (Phi) is 5.13. The Hall–Kier alpha value is -3.10. The molecule has 4 atom stereocenters. The number of halogens is 3. The predicted octanol–water partition coefficient (Wildman–Crippen LogP) is 4.59. The number of rotatable bonds is 4. The maximum absolute atomic E-state index is 14.5. The lowest BCUT2D eigenvalue weighted by molar-refractivity contribution is -0.145. The fraction of sp³-hybridized carbons (Fsp3) is 0.381. The fourth-order valence-corrected chi connectivity index (χ4v) is 4.32. The Labute approximate surface area is 170 Å². The average Bonchev–Trinajstić information content (AvgIpc) is 3.10. The molecule has 0 spiro atoms. The zero-order chi connectivity index (χ0) is 21.6. The smallest absolute Gasteiger partial charge is 0.308 e. The highest BCUT2D eigenvalue weighted by Gasteiger charge is 2.40. The van der Waals surface area contributed by atoms with Crippen molar-refractivity contribution in [3.63, 3.8) is 0 Å². The number of aliphatic carboxylic acids is 1. The van der Waals surface area contributed by atoms with Crippen molar-refractivity contribution in [2.24, 2.45) is 17.8 Å². The van der Waals surface area contributed by atoms with E-state index in [1.165, 1.54) is 6.20 Å². The third-order valence-electron chi connectivity index (χ3n) is 5.97. The van der Waals surface area contributed by atoms with Gasteiger partial charge in [-0.05, 0) is 30.7 Å². The summed E-state index contributed by atoms with van der Waals surface area (Å²) in [6.07, 6.45) is 3.98. The van der Waals surface area contributed by atoms with E-state index in [0.717, 1.165) is 31.2 Å². The molecule has 0 radical (unpaired) electrons. The minimum Gasteiger partial charge on any atom is -0.481 e. The average molecular weight is 418 g/mol. The van der Waals surface area contributed by atoms with E-state index in [4.69, 9.17) is 0 Å². The lowest BCUT2D eigenvalue weighted by Gasteiger charge is -2.39. The number of carbonyl (C=O) groups is 1. The van der Waals surface area contributed by atoms with Crippen LogP contribution in [-0.2, 0) is 4.79 Å². The number of aromatic nitrogens is 3. The fourth-order valence-electron chi connectivity index (χ4n) is 4.32. The van der Waals surface area contributed by atoms with E-state index >= 15 is 0 Å². The summed E-state index contributed by atoms with van der Waals surface area (Å²) in [6.45, 7) is 3.79. The second-order valence-electron chi connectivity index (χ2n) is 7.97. The number of nitrogens with zero attached hydrogens (tertiary/aromatic N) is 2. The standard InChI is InChI=1S/C21H21F3N4O2/c1-9-3-4-10(2)17(16(9)21(29)30)27-20-15(24)8-26-19(28-20)13-7-25-18-12(13)5-11(22)6-14(18)23/h5-10,16-17,25H,3-4H2,1-2H3,(H,29,30)(H,26,27,28)/t9-,10+,16+,17+/m1/s1. The maximum Gasteiger partial charge on any atom is 0.308 e. The van der Waals surface area contributed by atoms with Crippen LogP contribution in [-0.4, -0.2) is 32.1 Å². The van der Waals surface area contributed by atoms with Crippen LogP contribution in [0, 0.1) is 35.2 Å². The molecule has 3 aromatic rings. The molecule has 0 unspecified atom stereocenters. The van der Waals surface area contributed by atoms with E-state index < -0.39 is 35.4 Å². The van der Waals surface area contributed by atoms with E-state index in [9.17, 15) is 23.1 Å². The zero-order valence-corrected chi connectivity index (χ0v) is 16.4. The summed E-state index contributed by atoms with van der Waals surface area (Å²) in [4.78, 5) is 22.7. The van der Waals surface area contributed by atoms with Crippen molar-refractivity contribution in [3.8, 4) is 11.4 Å². The van der Waals surface area contributed by atoms with Gasteiger partial charge in [-0.15, -0.1) is 0 Å². The number of anilines is 1. The molecule has 6 nitrogen and oxygen atoms in total. The number of carboxylic acids is 1. The van der Waals surface area contributed by atoms with Crippen molar-refractivity contribution in [2.45, 2.75) is 32.7 Å². The molecule has 1 aromatic carbocycles. The Balaban J connectivity index is 1.73. The highest BCUT2D eigenvalue weighted by Crippen LogP contribution is 2.36. The number of aromatic amines is 1. The molecule has 1 aliphatic carbocycles. The highest BCUT2D eigenvalue weighted by atomic mass is 19.1. The lowest BCUT2D eigenvalue weighted by atomic mass is 9.71. The van der Waals surface area contributed by atoms with Crippen molar-refractivity contribution >= 4 is 22.7 Å². The first-order chi connectivity index (χ1) is 14.3. The van der Waals surface area contributed by atoms with E-state index in [2.05, 4.69) is 20.3 Å². The van der Waals surface area contributed by atoms with Crippen LogP contribution >= 0.6 is 0 Å². The van der Waals surface area contributed by atoms with E-state index in [0.29, 0.717) is 5.56 Å². The Bertz CT molecular complexity index is 1120. The van der Waals surface area contributed by atoms with Crippen molar-refractivity contribution < 1.29 is 23.1 Å². The van der Waals surface area contributed by atoms with Crippen LogP contribution in [0.5, 0.6) is 0 Å². The molecule has 2 aromatic heterocycles. The summed E-state index contributed by atoms with van der Waals surface area (Å²) in [5, 5.41) is 12.9. The van der Waals surface area contributed by atoms with Crippen molar-refractivity contribution in [1.82, 2.24) is 15.0 Å². The van der Waals surface area contributed by atoms with Crippen LogP contribution in [0.2, 0.25) is 0 Å². The van der Waals surface area contributed by atoms with E-state index in [1.807, 2.05) is 13.8 Å². The third-order valence-corrected chi connectivity index (χ3v) is 5.97. The van der Waals surface area contributed by atoms with Gasteiger partial charge in [0.2, 0.25) is 0 Å². The normalized spacial score (nSPS) is 24.2. The van der Waals surface area contributed by atoms with Gasteiger partial charge in [-0.1, -0.05) is 13.8 Å². The van der Waals surface area contributed by atoms with Gasteiger partial charge in [-0.3, -0.25) is 4.79 Å². The Morgan fingerprint density at radius 2 is 1.90 bits per heavy atom. The highest BCUT2D eigenvalue weighted by molar-refractivity contribution is 5.94. The largest absolute Gasteiger partial charge is 0.481 e. The van der Waals surface area contributed by atoms with Gasteiger partial charge in [0, 0.05) is 29.3 Å². The summed E-state index contributed by atoms with van der Waals surface area (Å²) in [6, 6.07) is 1.40. The van der Waals surface area contributed by atoms with Crippen LogP contribution in [0.3, 0.4) is 0 Å². The van der Waals surface area contributed by atoms with Gasteiger partial charge < -0.3 is 15.4 Å². The molecule has 4 rings (SSSR count). The molecule has 158 valence electrons. The molecular formula is C21H21F3N4O2. The molecule has 1 saturated carbocycles. The summed E-state index contributed by atoms with van der Waals surface area (Å²) in [7, 11) is 0. The van der Waals surface area contributed by atoms with Gasteiger partial charge >= 0.3 is 5.97 Å². The molecule has 3 N–H and O–H groups in total. The predicted molar refractivity (Wildman–Crippen MR) is 105 cm³/mol. The van der Waals surface area contributed by atoms with E-state index in [1.54, 1.807) is 0 Å². The Morgan fingerprint density at radius 3 is 2.63 bits per heavy atom. The second-order valence-corrected chi connectivity index (χ2v) is 7.97. The number of hydrogen-bond acceptors (Lipinski definition) is 4. The van der Waals surface area contributed by atoms with Crippen molar-refractivity contribution in [1.29, 1.82) is 0 Å². The van der Waals surface area contributed by atoms with Crippen LogP contribution in [0.15, 0.2) is 24.5 Å². The molecule has 0 aliphatic heterocycles. The molecule has 30 heavy (non-hydrogen) atoms. The number of benzene rings is 1. The van der Waals surface area contributed by atoms with Crippen LogP contribution in [0.1, 0.15) is 26.7 Å². The molecule has 1 aliphatic rings. The van der Waals surface area contributed by atoms with Gasteiger partial charge in [0.25, 0.3) is 0 Å². The number of carboxylic acid groups (broad SMARTS) is 1. The second kappa shape index (κ2) is 7.62. The summed E-state index contributed by atoms with van der Waals surface area (Å²) in [5.74, 6) is -4.02. The number of fused-ring (bicyclic) bond motifs is 1. The minimum atomic E-state index is -0.941. The molecule has 1 fully saturated rings. The van der Waals surface area contributed by atoms with Crippen molar-refractivity contribution in [3.05, 3.63) is 42.0 Å². The van der Waals surface area contributed by atoms with Crippen LogP contribution in [0.25, 0.3) is 22.3 Å². The van der Waals surface area contributed by atoms with Gasteiger partial charge in [0.05, 0.1) is 17.6 Å². The SMILES string of the molecule is C[C@@H]1CC[C@H](C)[C@H](Nc2nc(-c3c[nH]c4c(F)cc(F)cc34)ncc2F)[C@H]1C(=O)O. The van der Waals surface area contributed by atoms with Gasteiger partial charge in [0.1, 0.15) is 11.6 Å². The summed E-state index contributed by atoms with van der Waals surface area (Å²) in [5.41, 5.74) is 0.404. The summed E-state index contributed by atoms with van der Waals surface area (Å²) >= 11 is 0. The maximum atomic E-state index is 14.5. The minimum absolute atomic E-state index is 0.00334. The molecule has 2 heterocycles. The van der Waals surface area contributed by atoms with E-state index in [-0.39, 0.29) is 34.4 Å². The number of nitrogens with one attached hydrogen (secondary N) is 2. The van der Waals surface area contributed by atoms with Gasteiger partial charge in [-0.25, -0.2) is 23.1 Å². The number of H-pyrrole nitrogens is 1. The number of hydrogen-bond donors (Lipinski definition) is 3. The molecule has 0 amide bonds. The topological polar surface area (TPSA) is 90.9 Å². The van der Waals surface area contributed by atoms with Crippen LogP contribution < -0.4 is 5.32 Å². The molecule has 9 heteroatoms. The van der Waals surface area contributed by atoms with Crippen LogP contribution in [0.4, 0.5) is 19.0 Å². The van der Waals surface area contributed by atoms with Gasteiger partial charge in [0.15, 0.2) is 17.5 Å². The van der Waals surface area contributed by atoms with Gasteiger partial charge in [-0.2, -0.15) is 0 Å². The zero-order valence-electron chi connectivity index (χ0n) is 16.4. The first-order valence-corrected chi connectivity index (χ1v) is 9.74. The lowest BCUT2D eigenvalue weighted by Crippen LogP contribution is -2.46. The molecule has 0 bridgehead atoms. The Morgan fingerprint density at radius 1 is 1.17 bits per heavy atom. The third kappa shape index (κ3) is 3.48.